The Morgan fingerprint density at radius 3 is 2.44 bits per heavy atom. The summed E-state index contributed by atoms with van der Waals surface area (Å²) in [5.74, 6) is -0.147. The number of likely N-dealkylation sites (tertiary alicyclic amines) is 1. The minimum atomic E-state index is -0.232. The molecule has 2 aromatic carbocycles. The minimum Gasteiger partial charge on any atom is -0.399 e. The molecule has 1 atom stereocenters. The molecule has 6 heteroatoms. The number of rotatable bonds is 6. The summed E-state index contributed by atoms with van der Waals surface area (Å²) in [4.78, 5) is 14.9. The van der Waals surface area contributed by atoms with Gasteiger partial charge < -0.3 is 11.1 Å². The summed E-state index contributed by atoms with van der Waals surface area (Å²) in [6.45, 7) is 2.19. The Morgan fingerprint density at radius 2 is 1.74 bits per heavy atom. The zero-order chi connectivity index (χ0) is 18.4. The van der Waals surface area contributed by atoms with Crippen LogP contribution in [0.2, 0.25) is 0 Å². The molecule has 1 saturated heterocycles. The van der Waals surface area contributed by atoms with Crippen molar-refractivity contribution in [2.45, 2.75) is 38.3 Å². The molecule has 0 aromatic heterocycles. The molecule has 1 aliphatic heterocycles. The number of nitrogens with one attached hydrogen (secondary N) is 1. The third-order valence-corrected chi connectivity index (χ3v) is 4.91. The fourth-order valence-corrected chi connectivity index (χ4v) is 3.43. The van der Waals surface area contributed by atoms with Crippen molar-refractivity contribution in [3.8, 4) is 0 Å². The molecule has 0 spiro atoms. The number of nitrogens with two attached hydrogens (primary N) is 1. The lowest BCUT2D eigenvalue weighted by molar-refractivity contribution is -0.127. The lowest BCUT2D eigenvalue weighted by Crippen LogP contribution is -2.49. The molecule has 4 nitrogen and oxygen atoms in total. The van der Waals surface area contributed by atoms with Gasteiger partial charge in [-0.25, -0.2) is 4.39 Å². The molecule has 0 saturated carbocycles. The van der Waals surface area contributed by atoms with Crippen LogP contribution in [0.4, 0.5) is 10.1 Å². The molecule has 1 heterocycles. The number of nitrogen functional groups attached to an aromatic ring is 1. The molecular weight excluding hydrogens is 365 g/mol. The molecule has 3 N–H and O–H groups in total. The average Bonchev–Trinajstić information content (AvgIpc) is 2.65. The van der Waals surface area contributed by atoms with Crippen molar-refractivity contribution in [2.75, 3.05) is 18.8 Å². The first-order valence-electron chi connectivity index (χ1n) is 9.22. The normalized spacial score (nSPS) is 17.1. The molecule has 0 aliphatic carbocycles. The highest BCUT2D eigenvalue weighted by Crippen LogP contribution is 2.20. The van der Waals surface area contributed by atoms with Crippen molar-refractivity contribution in [2.24, 2.45) is 0 Å². The van der Waals surface area contributed by atoms with Gasteiger partial charge in [0.15, 0.2) is 0 Å². The molecule has 1 fully saturated rings. The Labute approximate surface area is 166 Å². The average molecular weight is 392 g/mol. The first-order chi connectivity index (χ1) is 12.6. The summed E-state index contributed by atoms with van der Waals surface area (Å²) in [5, 5.41) is 3.07. The molecule has 1 amide bonds. The van der Waals surface area contributed by atoms with E-state index in [-0.39, 0.29) is 30.2 Å². The summed E-state index contributed by atoms with van der Waals surface area (Å²) in [7, 11) is 0. The van der Waals surface area contributed by atoms with Gasteiger partial charge in [0.2, 0.25) is 5.91 Å². The highest BCUT2D eigenvalue weighted by molar-refractivity contribution is 5.85. The van der Waals surface area contributed by atoms with Gasteiger partial charge in [0, 0.05) is 18.8 Å². The first-order valence-corrected chi connectivity index (χ1v) is 9.22. The van der Waals surface area contributed by atoms with Crippen LogP contribution in [0.5, 0.6) is 0 Å². The van der Waals surface area contributed by atoms with E-state index in [1.165, 1.54) is 12.1 Å². The van der Waals surface area contributed by atoms with E-state index in [0.717, 1.165) is 49.0 Å². The minimum absolute atomic E-state index is 0. The molecule has 146 valence electrons. The van der Waals surface area contributed by atoms with Crippen molar-refractivity contribution in [3.05, 3.63) is 65.5 Å². The van der Waals surface area contributed by atoms with Gasteiger partial charge in [-0.05, 0) is 61.2 Å². The van der Waals surface area contributed by atoms with Gasteiger partial charge in [-0.1, -0.05) is 30.7 Å². The van der Waals surface area contributed by atoms with Crippen LogP contribution < -0.4 is 11.1 Å². The summed E-state index contributed by atoms with van der Waals surface area (Å²) < 4.78 is 13.1. The van der Waals surface area contributed by atoms with Crippen molar-refractivity contribution in [1.82, 2.24) is 10.2 Å². The zero-order valence-corrected chi connectivity index (χ0v) is 16.2. The van der Waals surface area contributed by atoms with Gasteiger partial charge in [0.05, 0.1) is 6.04 Å². The molecular formula is C21H27ClFN3O. The number of halogens is 2. The first kappa shape index (κ1) is 21.2. The van der Waals surface area contributed by atoms with Crippen molar-refractivity contribution >= 4 is 24.0 Å². The number of nitrogens with zero attached hydrogens (tertiary/aromatic N) is 1. The largest absolute Gasteiger partial charge is 0.399 e. The van der Waals surface area contributed by atoms with E-state index in [9.17, 15) is 9.18 Å². The Morgan fingerprint density at radius 1 is 1.07 bits per heavy atom. The van der Waals surface area contributed by atoms with Crippen LogP contribution in [0.15, 0.2) is 48.5 Å². The zero-order valence-electron chi connectivity index (χ0n) is 15.4. The van der Waals surface area contributed by atoms with E-state index >= 15 is 0 Å². The monoisotopic (exact) mass is 391 g/mol. The lowest BCUT2D eigenvalue weighted by atomic mass is 10.00. The molecule has 3 rings (SSSR count). The van der Waals surface area contributed by atoms with Crippen LogP contribution in [0.25, 0.3) is 0 Å². The lowest BCUT2D eigenvalue weighted by Gasteiger charge is -2.34. The number of hydrogen-bond acceptors (Lipinski definition) is 3. The van der Waals surface area contributed by atoms with E-state index in [0.29, 0.717) is 13.1 Å². The SMILES string of the molecule is Cl.Nc1ccc(CCNC(=O)C2CCCCN2Cc2ccc(F)cc2)cc1. The van der Waals surface area contributed by atoms with Gasteiger partial charge in [0.25, 0.3) is 0 Å². The van der Waals surface area contributed by atoms with Crippen molar-refractivity contribution in [1.29, 1.82) is 0 Å². The standard InChI is InChI=1S/C21H26FN3O.ClH/c22-18-8-4-17(5-9-18)15-25-14-2-1-3-20(25)21(26)24-13-12-16-6-10-19(23)11-7-16;/h4-11,20H,1-3,12-15,23H2,(H,24,26);1H. The topological polar surface area (TPSA) is 58.4 Å². The second kappa shape index (κ2) is 10.3. The van der Waals surface area contributed by atoms with E-state index in [1.807, 2.05) is 24.3 Å². The van der Waals surface area contributed by atoms with Crippen LogP contribution in [-0.4, -0.2) is 29.9 Å². The van der Waals surface area contributed by atoms with Gasteiger partial charge in [-0.2, -0.15) is 0 Å². The number of benzene rings is 2. The van der Waals surface area contributed by atoms with Crippen LogP contribution in [-0.2, 0) is 17.8 Å². The van der Waals surface area contributed by atoms with E-state index in [4.69, 9.17) is 5.73 Å². The van der Waals surface area contributed by atoms with Crippen LogP contribution in [0, 0.1) is 5.82 Å². The van der Waals surface area contributed by atoms with Gasteiger partial charge >= 0.3 is 0 Å². The third-order valence-electron chi connectivity index (χ3n) is 4.91. The number of carbonyl (C=O) groups is 1. The van der Waals surface area contributed by atoms with Gasteiger partial charge in [-0.3, -0.25) is 9.69 Å². The molecule has 27 heavy (non-hydrogen) atoms. The molecule has 2 aromatic rings. The van der Waals surface area contributed by atoms with Crippen molar-refractivity contribution in [3.63, 3.8) is 0 Å². The number of piperidine rings is 1. The quantitative estimate of drug-likeness (QED) is 0.740. The fraction of sp³-hybridized carbons (Fsp3) is 0.381. The summed E-state index contributed by atoms with van der Waals surface area (Å²) in [6.07, 6.45) is 3.82. The fourth-order valence-electron chi connectivity index (χ4n) is 3.43. The highest BCUT2D eigenvalue weighted by Gasteiger charge is 2.28. The number of anilines is 1. The van der Waals surface area contributed by atoms with Crippen molar-refractivity contribution < 1.29 is 9.18 Å². The highest BCUT2D eigenvalue weighted by atomic mass is 35.5. The van der Waals surface area contributed by atoms with E-state index < -0.39 is 0 Å². The second-order valence-electron chi connectivity index (χ2n) is 6.89. The van der Waals surface area contributed by atoms with Gasteiger partial charge in [0.1, 0.15) is 5.82 Å². The predicted molar refractivity (Wildman–Crippen MR) is 109 cm³/mol. The third kappa shape index (κ3) is 6.22. The maximum atomic E-state index is 13.1. The Balaban J connectivity index is 0.00000261. The van der Waals surface area contributed by atoms with Crippen LogP contribution >= 0.6 is 12.4 Å². The smallest absolute Gasteiger partial charge is 0.237 e. The Bertz CT molecular complexity index is 721. The summed E-state index contributed by atoms with van der Waals surface area (Å²) >= 11 is 0. The van der Waals surface area contributed by atoms with E-state index in [1.54, 1.807) is 12.1 Å². The summed E-state index contributed by atoms with van der Waals surface area (Å²) in [6, 6.07) is 14.2. The Kier molecular flexibility index (Phi) is 8.07. The van der Waals surface area contributed by atoms with Crippen LogP contribution in [0.1, 0.15) is 30.4 Å². The predicted octanol–water partition coefficient (Wildman–Crippen LogP) is 3.54. The Hall–Kier alpha value is -2.11. The molecule has 1 unspecified atom stereocenters. The molecule has 1 aliphatic rings. The number of hydrogen-bond donors (Lipinski definition) is 2. The van der Waals surface area contributed by atoms with Crippen LogP contribution in [0.3, 0.4) is 0 Å². The summed E-state index contributed by atoms with van der Waals surface area (Å²) in [5.41, 5.74) is 8.63. The van der Waals surface area contributed by atoms with Gasteiger partial charge in [-0.15, -0.1) is 12.4 Å². The number of amides is 1. The maximum absolute atomic E-state index is 13.1. The maximum Gasteiger partial charge on any atom is 0.237 e. The second-order valence-corrected chi connectivity index (χ2v) is 6.89. The van der Waals surface area contributed by atoms with E-state index in [2.05, 4.69) is 10.2 Å². The molecule has 0 radical (unpaired) electrons. The number of carbonyl (C=O) groups excluding carboxylic acids is 1. The molecule has 0 bridgehead atoms.